The van der Waals surface area contributed by atoms with E-state index in [9.17, 15) is 4.79 Å². The van der Waals surface area contributed by atoms with Crippen LogP contribution in [0.15, 0.2) is 24.3 Å². The van der Waals surface area contributed by atoms with Gasteiger partial charge in [-0.05, 0) is 31.2 Å². The maximum Gasteiger partial charge on any atom is 0.244 e. The molecule has 1 unspecified atom stereocenters. The third kappa shape index (κ3) is 2.71. The molecule has 4 heteroatoms. The van der Waals surface area contributed by atoms with E-state index >= 15 is 0 Å². The number of hydrogen-bond acceptors (Lipinski definition) is 2. The number of halogens is 1. The molecule has 1 atom stereocenters. The van der Waals surface area contributed by atoms with Gasteiger partial charge >= 0.3 is 0 Å². The molecule has 15 heavy (non-hydrogen) atoms. The molecule has 1 aromatic carbocycles. The summed E-state index contributed by atoms with van der Waals surface area (Å²) >= 11 is 5.69. The average Bonchev–Trinajstić information content (AvgIpc) is 2.27. The first-order valence-electron chi connectivity index (χ1n) is 4.48. The summed E-state index contributed by atoms with van der Waals surface area (Å²) < 4.78 is 0. The summed E-state index contributed by atoms with van der Waals surface area (Å²) in [6.07, 6.45) is 0. The third-order valence-corrected chi connectivity index (χ3v) is 2.24. The van der Waals surface area contributed by atoms with E-state index in [1.807, 2.05) is 6.07 Å². The molecule has 1 rings (SSSR count). The zero-order valence-corrected chi connectivity index (χ0v) is 9.32. The second-order valence-electron chi connectivity index (χ2n) is 3.17. The van der Waals surface area contributed by atoms with Crippen LogP contribution in [0, 0.1) is 11.3 Å². The fourth-order valence-electron chi connectivity index (χ4n) is 1.15. The van der Waals surface area contributed by atoms with E-state index in [0.717, 1.165) is 5.69 Å². The summed E-state index contributed by atoms with van der Waals surface area (Å²) in [4.78, 5) is 13.0. The molecule has 0 aliphatic heterocycles. The number of hydrogen-bond donors (Lipinski definition) is 0. The van der Waals surface area contributed by atoms with Crippen LogP contribution in [0.1, 0.15) is 12.5 Å². The van der Waals surface area contributed by atoms with Crippen molar-refractivity contribution >= 4 is 23.2 Å². The number of amides is 1. The van der Waals surface area contributed by atoms with Crippen molar-refractivity contribution < 1.29 is 4.79 Å². The van der Waals surface area contributed by atoms with Crippen LogP contribution >= 0.6 is 11.6 Å². The van der Waals surface area contributed by atoms with Crippen LogP contribution in [-0.2, 0) is 4.79 Å². The zero-order valence-electron chi connectivity index (χ0n) is 8.57. The number of nitriles is 1. The van der Waals surface area contributed by atoms with Gasteiger partial charge < -0.3 is 4.90 Å². The topological polar surface area (TPSA) is 44.1 Å². The van der Waals surface area contributed by atoms with Crippen LogP contribution in [0.2, 0.25) is 0 Å². The van der Waals surface area contributed by atoms with Gasteiger partial charge in [0.15, 0.2) is 0 Å². The van der Waals surface area contributed by atoms with E-state index in [1.54, 1.807) is 38.2 Å². The molecule has 1 amide bonds. The smallest absolute Gasteiger partial charge is 0.244 e. The molecule has 0 radical (unpaired) electrons. The van der Waals surface area contributed by atoms with Gasteiger partial charge in [0.1, 0.15) is 5.38 Å². The molecule has 0 fully saturated rings. The molecule has 0 N–H and O–H groups in total. The Morgan fingerprint density at radius 2 is 2.00 bits per heavy atom. The molecule has 0 heterocycles. The van der Waals surface area contributed by atoms with Crippen molar-refractivity contribution in [2.75, 3.05) is 11.9 Å². The van der Waals surface area contributed by atoms with E-state index in [1.165, 1.54) is 4.90 Å². The molecular formula is C11H11ClN2O. The molecule has 0 spiro atoms. The molecule has 0 aromatic heterocycles. The first-order valence-corrected chi connectivity index (χ1v) is 4.91. The standard InChI is InChI=1S/C11H11ClN2O/c1-8(12)11(15)14(2)10-5-3-9(7-13)4-6-10/h3-6,8H,1-2H3. The highest BCUT2D eigenvalue weighted by molar-refractivity contribution is 6.32. The van der Waals surface area contributed by atoms with E-state index < -0.39 is 5.38 Å². The summed E-state index contributed by atoms with van der Waals surface area (Å²) in [6, 6.07) is 8.78. The van der Waals surface area contributed by atoms with Crippen molar-refractivity contribution in [1.29, 1.82) is 5.26 Å². The summed E-state index contributed by atoms with van der Waals surface area (Å²) in [5, 5.41) is 8.06. The number of carbonyl (C=O) groups is 1. The van der Waals surface area contributed by atoms with E-state index in [0.29, 0.717) is 5.56 Å². The van der Waals surface area contributed by atoms with Gasteiger partial charge in [-0.15, -0.1) is 11.6 Å². The maximum absolute atomic E-state index is 11.5. The quantitative estimate of drug-likeness (QED) is 0.720. The number of alkyl halides is 1. The van der Waals surface area contributed by atoms with E-state index in [4.69, 9.17) is 16.9 Å². The number of nitrogens with zero attached hydrogens (tertiary/aromatic N) is 2. The normalized spacial score (nSPS) is 11.6. The lowest BCUT2D eigenvalue weighted by atomic mass is 10.2. The second-order valence-corrected chi connectivity index (χ2v) is 3.83. The van der Waals surface area contributed by atoms with Crippen LogP contribution in [0.4, 0.5) is 5.69 Å². The Balaban J connectivity index is 2.88. The Kier molecular flexibility index (Phi) is 3.70. The fraction of sp³-hybridized carbons (Fsp3) is 0.273. The van der Waals surface area contributed by atoms with Gasteiger partial charge in [-0.25, -0.2) is 0 Å². The minimum absolute atomic E-state index is 0.165. The highest BCUT2D eigenvalue weighted by Crippen LogP contribution is 2.15. The Hall–Kier alpha value is -1.53. The van der Waals surface area contributed by atoms with Crippen molar-refractivity contribution in [3.05, 3.63) is 29.8 Å². The van der Waals surface area contributed by atoms with Crippen molar-refractivity contribution in [1.82, 2.24) is 0 Å². The van der Waals surface area contributed by atoms with Gasteiger partial charge in [0.2, 0.25) is 5.91 Å². The highest BCUT2D eigenvalue weighted by Gasteiger charge is 2.15. The Morgan fingerprint density at radius 3 is 2.40 bits per heavy atom. The summed E-state index contributed by atoms with van der Waals surface area (Å²) in [5.74, 6) is -0.165. The van der Waals surface area contributed by atoms with Crippen LogP contribution in [0.25, 0.3) is 0 Å². The lowest BCUT2D eigenvalue weighted by molar-refractivity contribution is -0.117. The van der Waals surface area contributed by atoms with Gasteiger partial charge in [-0.1, -0.05) is 0 Å². The minimum atomic E-state index is -0.550. The van der Waals surface area contributed by atoms with Crippen LogP contribution in [0.5, 0.6) is 0 Å². The molecule has 1 aromatic rings. The number of benzene rings is 1. The average molecular weight is 223 g/mol. The lowest BCUT2D eigenvalue weighted by Gasteiger charge is -2.18. The Labute approximate surface area is 93.9 Å². The minimum Gasteiger partial charge on any atom is -0.314 e. The lowest BCUT2D eigenvalue weighted by Crippen LogP contribution is -2.31. The van der Waals surface area contributed by atoms with Crippen molar-refractivity contribution in [2.24, 2.45) is 0 Å². The van der Waals surface area contributed by atoms with Crippen molar-refractivity contribution in [3.8, 4) is 6.07 Å². The third-order valence-electron chi connectivity index (χ3n) is 2.05. The highest BCUT2D eigenvalue weighted by atomic mass is 35.5. The number of rotatable bonds is 2. The largest absolute Gasteiger partial charge is 0.314 e. The monoisotopic (exact) mass is 222 g/mol. The summed E-state index contributed by atoms with van der Waals surface area (Å²) in [5.41, 5.74) is 1.30. The van der Waals surface area contributed by atoms with Gasteiger partial charge in [-0.3, -0.25) is 4.79 Å². The SMILES string of the molecule is CC(Cl)C(=O)N(C)c1ccc(C#N)cc1. The predicted molar refractivity (Wildman–Crippen MR) is 59.9 cm³/mol. The molecule has 0 bridgehead atoms. The predicted octanol–water partition coefficient (Wildman–Crippen LogP) is 2.15. The van der Waals surface area contributed by atoms with Gasteiger partial charge in [0.05, 0.1) is 11.6 Å². The zero-order chi connectivity index (χ0) is 11.4. The van der Waals surface area contributed by atoms with Crippen LogP contribution in [0.3, 0.4) is 0 Å². The molecule has 0 aliphatic rings. The molecule has 0 saturated carbocycles. The van der Waals surface area contributed by atoms with E-state index in [-0.39, 0.29) is 5.91 Å². The van der Waals surface area contributed by atoms with Crippen molar-refractivity contribution in [2.45, 2.75) is 12.3 Å². The van der Waals surface area contributed by atoms with Crippen LogP contribution in [-0.4, -0.2) is 18.3 Å². The molecule has 0 saturated heterocycles. The van der Waals surface area contributed by atoms with Gasteiger partial charge in [0, 0.05) is 12.7 Å². The van der Waals surface area contributed by atoms with Crippen LogP contribution < -0.4 is 4.90 Å². The first-order chi connectivity index (χ1) is 7.06. The number of carbonyl (C=O) groups excluding carboxylic acids is 1. The second kappa shape index (κ2) is 4.81. The van der Waals surface area contributed by atoms with E-state index in [2.05, 4.69) is 0 Å². The molecule has 78 valence electrons. The maximum atomic E-state index is 11.5. The summed E-state index contributed by atoms with van der Waals surface area (Å²) in [7, 11) is 1.66. The Morgan fingerprint density at radius 1 is 1.47 bits per heavy atom. The van der Waals surface area contributed by atoms with Gasteiger partial charge in [0.25, 0.3) is 0 Å². The summed E-state index contributed by atoms with van der Waals surface area (Å²) in [6.45, 7) is 1.63. The molecule has 0 aliphatic carbocycles. The van der Waals surface area contributed by atoms with Gasteiger partial charge in [-0.2, -0.15) is 5.26 Å². The Bertz CT molecular complexity index is 392. The number of anilines is 1. The fourth-order valence-corrected chi connectivity index (χ4v) is 1.30. The molecular weight excluding hydrogens is 212 g/mol. The van der Waals surface area contributed by atoms with Crippen molar-refractivity contribution in [3.63, 3.8) is 0 Å². The first kappa shape index (κ1) is 11.5. The molecule has 3 nitrogen and oxygen atoms in total.